The maximum atomic E-state index is 11.5. The van der Waals surface area contributed by atoms with Crippen molar-refractivity contribution in [2.45, 2.75) is 13.3 Å². The Bertz CT molecular complexity index is 391. The lowest BCUT2D eigenvalue weighted by atomic mass is 10.4. The third-order valence-electron chi connectivity index (χ3n) is 2.17. The van der Waals surface area contributed by atoms with Crippen LogP contribution in [0.5, 0.6) is 0 Å². The molecular formula is C10H17BrN4O. The second-order valence-electron chi connectivity index (χ2n) is 3.43. The molecule has 0 atom stereocenters. The average molecular weight is 289 g/mol. The van der Waals surface area contributed by atoms with Gasteiger partial charge in [0.15, 0.2) is 0 Å². The monoisotopic (exact) mass is 288 g/mol. The molecule has 0 aliphatic rings. The topological polar surface area (TPSA) is 59.0 Å². The summed E-state index contributed by atoms with van der Waals surface area (Å²) < 4.78 is 1.84. The van der Waals surface area contributed by atoms with Crippen LogP contribution in [0.1, 0.15) is 13.3 Å². The smallest absolute Gasteiger partial charge is 0.282 e. The first kappa shape index (κ1) is 13.2. The van der Waals surface area contributed by atoms with Gasteiger partial charge in [0, 0.05) is 13.6 Å². The van der Waals surface area contributed by atoms with Crippen LogP contribution in [0.25, 0.3) is 0 Å². The van der Waals surface area contributed by atoms with Crippen molar-refractivity contribution < 1.29 is 0 Å². The van der Waals surface area contributed by atoms with Crippen LogP contribution < -0.4 is 16.2 Å². The Hall–Kier alpha value is -0.880. The first-order valence-electron chi connectivity index (χ1n) is 5.33. The Kier molecular flexibility index (Phi) is 5.48. The Morgan fingerprint density at radius 2 is 2.25 bits per heavy atom. The molecule has 0 saturated carbocycles. The molecule has 90 valence electrons. The van der Waals surface area contributed by atoms with Gasteiger partial charge in [0.05, 0.1) is 11.9 Å². The standard InChI is InChI=1S/C10H17BrN4O/c1-3-12-5-4-6-13-8-7-14-15(2)10(16)9(8)11/h7,12-13H,3-6H2,1-2H3. The number of nitrogens with one attached hydrogen (secondary N) is 2. The summed E-state index contributed by atoms with van der Waals surface area (Å²) in [6, 6.07) is 0. The van der Waals surface area contributed by atoms with Gasteiger partial charge < -0.3 is 10.6 Å². The maximum Gasteiger partial charge on any atom is 0.282 e. The fraction of sp³-hybridized carbons (Fsp3) is 0.600. The van der Waals surface area contributed by atoms with Crippen LogP contribution in [0.3, 0.4) is 0 Å². The molecule has 0 aliphatic heterocycles. The largest absolute Gasteiger partial charge is 0.383 e. The molecular weight excluding hydrogens is 272 g/mol. The Labute approximate surface area is 103 Å². The number of hydrogen-bond donors (Lipinski definition) is 2. The summed E-state index contributed by atoms with van der Waals surface area (Å²) in [5.41, 5.74) is 0.622. The molecule has 1 aromatic heterocycles. The quantitative estimate of drug-likeness (QED) is 0.766. The Morgan fingerprint density at radius 1 is 1.50 bits per heavy atom. The SMILES string of the molecule is CCNCCCNc1cnn(C)c(=O)c1Br. The molecule has 6 heteroatoms. The highest BCUT2D eigenvalue weighted by molar-refractivity contribution is 9.10. The number of hydrogen-bond acceptors (Lipinski definition) is 4. The second-order valence-corrected chi connectivity index (χ2v) is 4.23. The van der Waals surface area contributed by atoms with Crippen molar-refractivity contribution >= 4 is 21.6 Å². The van der Waals surface area contributed by atoms with Gasteiger partial charge in [-0.2, -0.15) is 5.10 Å². The van der Waals surface area contributed by atoms with Crippen LogP contribution in [0, 0.1) is 0 Å². The molecule has 0 aromatic carbocycles. The minimum Gasteiger partial charge on any atom is -0.383 e. The van der Waals surface area contributed by atoms with E-state index >= 15 is 0 Å². The minimum absolute atomic E-state index is 0.128. The van der Waals surface area contributed by atoms with Crippen LogP contribution in [0.2, 0.25) is 0 Å². The molecule has 1 rings (SSSR count). The average Bonchev–Trinajstić information content (AvgIpc) is 2.28. The van der Waals surface area contributed by atoms with Crippen LogP contribution in [0.15, 0.2) is 15.5 Å². The van der Waals surface area contributed by atoms with Crippen molar-refractivity contribution in [3.05, 3.63) is 21.0 Å². The van der Waals surface area contributed by atoms with E-state index in [0.29, 0.717) is 4.47 Å². The predicted octanol–water partition coefficient (Wildman–Crippen LogP) is 0.954. The maximum absolute atomic E-state index is 11.5. The summed E-state index contributed by atoms with van der Waals surface area (Å²) in [5, 5.41) is 10.4. The van der Waals surface area contributed by atoms with E-state index in [2.05, 4.69) is 38.6 Å². The van der Waals surface area contributed by atoms with Gasteiger partial charge in [-0.05, 0) is 35.4 Å². The molecule has 5 nitrogen and oxygen atoms in total. The van der Waals surface area contributed by atoms with Gasteiger partial charge in [0.2, 0.25) is 0 Å². The molecule has 2 N–H and O–H groups in total. The van der Waals surface area contributed by atoms with Crippen LogP contribution in [0.4, 0.5) is 5.69 Å². The molecule has 0 saturated heterocycles. The summed E-state index contributed by atoms with van der Waals surface area (Å²) in [7, 11) is 1.63. The molecule has 0 aliphatic carbocycles. The number of aryl methyl sites for hydroxylation is 1. The number of halogens is 1. The van der Waals surface area contributed by atoms with Gasteiger partial charge in [-0.25, -0.2) is 4.68 Å². The van der Waals surface area contributed by atoms with E-state index in [1.54, 1.807) is 13.2 Å². The first-order valence-corrected chi connectivity index (χ1v) is 6.12. The molecule has 0 fully saturated rings. The fourth-order valence-electron chi connectivity index (χ4n) is 1.25. The van der Waals surface area contributed by atoms with Gasteiger partial charge in [0.1, 0.15) is 4.47 Å². The summed E-state index contributed by atoms with van der Waals surface area (Å²) >= 11 is 3.26. The molecule has 0 amide bonds. The van der Waals surface area contributed by atoms with E-state index in [4.69, 9.17) is 0 Å². The summed E-state index contributed by atoms with van der Waals surface area (Å²) in [6.07, 6.45) is 2.66. The molecule has 1 heterocycles. The van der Waals surface area contributed by atoms with Gasteiger partial charge in [0.25, 0.3) is 5.56 Å². The highest BCUT2D eigenvalue weighted by Gasteiger charge is 2.05. The molecule has 0 unspecified atom stereocenters. The van der Waals surface area contributed by atoms with E-state index < -0.39 is 0 Å². The van der Waals surface area contributed by atoms with E-state index in [9.17, 15) is 4.79 Å². The van der Waals surface area contributed by atoms with Crippen molar-refractivity contribution in [2.75, 3.05) is 25.0 Å². The van der Waals surface area contributed by atoms with E-state index in [0.717, 1.165) is 31.7 Å². The van der Waals surface area contributed by atoms with Crippen molar-refractivity contribution in [3.8, 4) is 0 Å². The Morgan fingerprint density at radius 3 is 2.94 bits per heavy atom. The van der Waals surface area contributed by atoms with Crippen molar-refractivity contribution in [1.29, 1.82) is 0 Å². The third kappa shape index (κ3) is 3.61. The summed E-state index contributed by atoms with van der Waals surface area (Å²) in [5.74, 6) is 0. The van der Waals surface area contributed by atoms with Crippen LogP contribution in [-0.2, 0) is 7.05 Å². The van der Waals surface area contributed by atoms with Gasteiger partial charge in [-0.3, -0.25) is 4.79 Å². The molecule has 1 aromatic rings. The van der Waals surface area contributed by atoms with Crippen LogP contribution in [-0.4, -0.2) is 29.4 Å². The number of rotatable bonds is 6. The number of anilines is 1. The Balaban J connectivity index is 2.49. The zero-order chi connectivity index (χ0) is 12.0. The molecule has 0 bridgehead atoms. The summed E-state index contributed by atoms with van der Waals surface area (Å²) in [6.45, 7) is 4.85. The summed E-state index contributed by atoms with van der Waals surface area (Å²) in [4.78, 5) is 11.5. The van der Waals surface area contributed by atoms with Crippen molar-refractivity contribution in [3.63, 3.8) is 0 Å². The highest BCUT2D eigenvalue weighted by Crippen LogP contribution is 2.15. The number of nitrogens with zero attached hydrogens (tertiary/aromatic N) is 2. The zero-order valence-electron chi connectivity index (χ0n) is 9.59. The molecule has 0 spiro atoms. The van der Waals surface area contributed by atoms with Crippen molar-refractivity contribution in [1.82, 2.24) is 15.1 Å². The minimum atomic E-state index is -0.128. The lowest BCUT2D eigenvalue weighted by Crippen LogP contribution is -2.22. The molecule has 16 heavy (non-hydrogen) atoms. The lowest BCUT2D eigenvalue weighted by molar-refractivity contribution is 0.684. The van der Waals surface area contributed by atoms with Crippen LogP contribution >= 0.6 is 15.9 Å². The fourth-order valence-corrected chi connectivity index (χ4v) is 1.75. The van der Waals surface area contributed by atoms with E-state index in [1.165, 1.54) is 4.68 Å². The predicted molar refractivity (Wildman–Crippen MR) is 68.8 cm³/mol. The lowest BCUT2D eigenvalue weighted by Gasteiger charge is -2.08. The number of aromatic nitrogens is 2. The first-order chi connectivity index (χ1) is 7.66. The van der Waals surface area contributed by atoms with E-state index in [1.807, 2.05) is 0 Å². The van der Waals surface area contributed by atoms with Gasteiger partial charge in [-0.1, -0.05) is 6.92 Å². The van der Waals surface area contributed by atoms with Crippen molar-refractivity contribution in [2.24, 2.45) is 7.05 Å². The third-order valence-corrected chi connectivity index (χ3v) is 2.94. The zero-order valence-corrected chi connectivity index (χ0v) is 11.2. The van der Waals surface area contributed by atoms with Gasteiger partial charge >= 0.3 is 0 Å². The van der Waals surface area contributed by atoms with E-state index in [-0.39, 0.29) is 5.56 Å². The highest BCUT2D eigenvalue weighted by atomic mass is 79.9. The van der Waals surface area contributed by atoms with Gasteiger partial charge in [-0.15, -0.1) is 0 Å². The normalized spacial score (nSPS) is 10.4. The second kappa shape index (κ2) is 6.65. The molecule has 0 radical (unpaired) electrons.